The standard InChI is InChI=1S/C17H21N3O2.ClH/c1-2-20(18-10-6-3-7-11-18)17-12-16(22)14-8-4-5-9-15(14)19(17)13-21;/h4-5,8-9,12-13H,2-3,6-7,10-11H2,1H3;1H. The van der Waals surface area contributed by atoms with Crippen LogP contribution in [0.4, 0.5) is 5.82 Å². The summed E-state index contributed by atoms with van der Waals surface area (Å²) < 4.78 is 1.58. The van der Waals surface area contributed by atoms with Crippen molar-refractivity contribution >= 4 is 35.5 Å². The van der Waals surface area contributed by atoms with E-state index in [1.165, 1.54) is 6.42 Å². The van der Waals surface area contributed by atoms with Crippen molar-refractivity contribution in [2.24, 2.45) is 0 Å². The number of rotatable bonds is 4. The highest BCUT2D eigenvalue weighted by atomic mass is 35.5. The minimum atomic E-state index is -0.0424. The Bertz CT molecular complexity index is 738. The molecule has 23 heavy (non-hydrogen) atoms. The molecule has 0 aliphatic carbocycles. The Hall–Kier alpha value is -1.85. The molecule has 1 fully saturated rings. The summed E-state index contributed by atoms with van der Waals surface area (Å²) in [6.45, 7) is 4.70. The van der Waals surface area contributed by atoms with E-state index in [0.717, 1.165) is 38.9 Å². The maximum Gasteiger partial charge on any atom is 0.219 e. The number of hydrogen-bond donors (Lipinski definition) is 0. The second-order valence-corrected chi connectivity index (χ2v) is 5.59. The Morgan fingerprint density at radius 3 is 2.52 bits per heavy atom. The lowest BCUT2D eigenvalue weighted by molar-refractivity contribution is 0.208. The van der Waals surface area contributed by atoms with Gasteiger partial charge in [0, 0.05) is 31.1 Å². The van der Waals surface area contributed by atoms with Crippen molar-refractivity contribution in [3.63, 3.8) is 0 Å². The molecule has 0 bridgehead atoms. The summed E-state index contributed by atoms with van der Waals surface area (Å²) in [5.74, 6) is 0.656. The molecule has 0 amide bonds. The molecule has 1 aliphatic rings. The van der Waals surface area contributed by atoms with Crippen LogP contribution >= 0.6 is 12.4 Å². The lowest BCUT2D eigenvalue weighted by Crippen LogP contribution is -2.47. The molecule has 3 rings (SSSR count). The Kier molecular flexibility index (Phi) is 5.80. The first kappa shape index (κ1) is 17.5. The molecule has 0 saturated carbocycles. The van der Waals surface area contributed by atoms with Crippen molar-refractivity contribution in [1.29, 1.82) is 0 Å². The molecule has 0 radical (unpaired) electrons. The highest BCUT2D eigenvalue weighted by Crippen LogP contribution is 2.22. The fourth-order valence-corrected chi connectivity index (χ4v) is 3.22. The summed E-state index contributed by atoms with van der Waals surface area (Å²) in [7, 11) is 0. The van der Waals surface area contributed by atoms with Gasteiger partial charge >= 0.3 is 0 Å². The molecule has 1 aliphatic heterocycles. The highest BCUT2D eigenvalue weighted by Gasteiger charge is 2.21. The fourth-order valence-electron chi connectivity index (χ4n) is 3.22. The molecule has 5 nitrogen and oxygen atoms in total. The van der Waals surface area contributed by atoms with Crippen LogP contribution in [0.5, 0.6) is 0 Å². The number of carbonyl (C=O) groups excluding carboxylic acids is 1. The quantitative estimate of drug-likeness (QED) is 0.806. The molecular formula is C17H22ClN3O2. The van der Waals surface area contributed by atoms with Crippen LogP contribution < -0.4 is 10.4 Å². The Labute approximate surface area is 141 Å². The van der Waals surface area contributed by atoms with Crippen LogP contribution in [0.3, 0.4) is 0 Å². The van der Waals surface area contributed by atoms with Crippen molar-refractivity contribution in [3.8, 4) is 0 Å². The number of fused-ring (bicyclic) bond motifs is 1. The first-order valence-corrected chi connectivity index (χ1v) is 7.88. The molecule has 6 heteroatoms. The van der Waals surface area contributed by atoms with E-state index in [9.17, 15) is 9.59 Å². The van der Waals surface area contributed by atoms with E-state index in [2.05, 4.69) is 10.0 Å². The van der Waals surface area contributed by atoms with E-state index in [4.69, 9.17) is 0 Å². The number of aromatic nitrogens is 1. The molecule has 124 valence electrons. The lowest BCUT2D eigenvalue weighted by Gasteiger charge is -2.38. The fraction of sp³-hybridized carbons (Fsp3) is 0.412. The highest BCUT2D eigenvalue weighted by molar-refractivity contribution is 5.87. The first-order chi connectivity index (χ1) is 10.8. The van der Waals surface area contributed by atoms with Crippen LogP contribution in [-0.4, -0.2) is 35.6 Å². The summed E-state index contributed by atoms with van der Waals surface area (Å²) in [6, 6.07) is 8.83. The minimum Gasteiger partial charge on any atom is -0.291 e. The molecule has 2 heterocycles. The Balaban J connectivity index is 0.00000192. The SMILES string of the molecule is CCN(c1cc(=O)c2ccccc2n1C=O)N1CCCCC1.Cl. The van der Waals surface area contributed by atoms with E-state index in [-0.39, 0.29) is 17.8 Å². The molecule has 2 aromatic rings. The van der Waals surface area contributed by atoms with Crippen molar-refractivity contribution < 1.29 is 4.79 Å². The zero-order valence-corrected chi connectivity index (χ0v) is 14.1. The number of benzene rings is 1. The number of carbonyl (C=O) groups is 1. The van der Waals surface area contributed by atoms with Gasteiger partial charge in [-0.3, -0.25) is 19.2 Å². The number of pyridine rings is 1. The van der Waals surface area contributed by atoms with Gasteiger partial charge in [0.15, 0.2) is 5.43 Å². The van der Waals surface area contributed by atoms with E-state index in [1.807, 2.05) is 25.1 Å². The monoisotopic (exact) mass is 335 g/mol. The smallest absolute Gasteiger partial charge is 0.219 e. The van der Waals surface area contributed by atoms with Gasteiger partial charge in [0.05, 0.1) is 5.52 Å². The van der Waals surface area contributed by atoms with Gasteiger partial charge in [0.2, 0.25) is 6.41 Å². The predicted octanol–water partition coefficient (Wildman–Crippen LogP) is 2.69. The average molecular weight is 336 g/mol. The first-order valence-electron chi connectivity index (χ1n) is 7.88. The van der Waals surface area contributed by atoms with Gasteiger partial charge < -0.3 is 0 Å². The second-order valence-electron chi connectivity index (χ2n) is 5.59. The van der Waals surface area contributed by atoms with Gasteiger partial charge in [0.1, 0.15) is 5.82 Å². The number of hydrogen-bond acceptors (Lipinski definition) is 4. The van der Waals surface area contributed by atoms with E-state index < -0.39 is 0 Å². The van der Waals surface area contributed by atoms with Crippen molar-refractivity contribution in [3.05, 3.63) is 40.6 Å². The zero-order valence-electron chi connectivity index (χ0n) is 13.3. The molecule has 0 unspecified atom stereocenters. The molecule has 1 aromatic heterocycles. The number of piperidine rings is 1. The third kappa shape index (κ3) is 3.26. The summed E-state index contributed by atoms with van der Waals surface area (Å²) in [6.07, 6.45) is 4.33. The number of anilines is 1. The predicted molar refractivity (Wildman–Crippen MR) is 96.0 cm³/mol. The van der Waals surface area contributed by atoms with Crippen LogP contribution in [0.25, 0.3) is 10.9 Å². The molecule has 1 saturated heterocycles. The van der Waals surface area contributed by atoms with Gasteiger partial charge in [0.25, 0.3) is 0 Å². The summed E-state index contributed by atoms with van der Waals surface area (Å²) >= 11 is 0. The maximum atomic E-state index is 12.4. The van der Waals surface area contributed by atoms with Crippen molar-refractivity contribution in [2.45, 2.75) is 26.2 Å². The summed E-state index contributed by atoms with van der Waals surface area (Å²) in [5.41, 5.74) is 0.620. The molecule has 0 N–H and O–H groups in total. The van der Waals surface area contributed by atoms with Crippen molar-refractivity contribution in [1.82, 2.24) is 9.58 Å². The third-order valence-electron chi connectivity index (χ3n) is 4.28. The number of para-hydroxylation sites is 1. The lowest BCUT2D eigenvalue weighted by atomic mass is 10.1. The van der Waals surface area contributed by atoms with Gasteiger partial charge in [-0.25, -0.2) is 5.01 Å². The normalized spacial score (nSPS) is 15.2. The van der Waals surface area contributed by atoms with Crippen LogP contribution in [0, 0.1) is 0 Å². The third-order valence-corrected chi connectivity index (χ3v) is 4.28. The van der Waals surface area contributed by atoms with Crippen LogP contribution in [0.2, 0.25) is 0 Å². The summed E-state index contributed by atoms with van der Waals surface area (Å²) in [5, 5.41) is 4.88. The van der Waals surface area contributed by atoms with Gasteiger partial charge in [-0.1, -0.05) is 18.6 Å². The molecular weight excluding hydrogens is 314 g/mol. The Morgan fingerprint density at radius 2 is 1.87 bits per heavy atom. The van der Waals surface area contributed by atoms with E-state index in [1.54, 1.807) is 16.7 Å². The van der Waals surface area contributed by atoms with Crippen molar-refractivity contribution in [2.75, 3.05) is 24.6 Å². The van der Waals surface area contributed by atoms with Crippen LogP contribution in [-0.2, 0) is 4.79 Å². The zero-order chi connectivity index (χ0) is 15.5. The average Bonchev–Trinajstić information content (AvgIpc) is 2.57. The van der Waals surface area contributed by atoms with Gasteiger partial charge in [-0.2, -0.15) is 0 Å². The Morgan fingerprint density at radius 1 is 1.17 bits per heavy atom. The number of hydrazine groups is 1. The summed E-state index contributed by atoms with van der Waals surface area (Å²) in [4.78, 5) is 24.1. The van der Waals surface area contributed by atoms with Crippen LogP contribution in [0.15, 0.2) is 35.1 Å². The number of nitrogens with zero attached hydrogens (tertiary/aromatic N) is 3. The second kappa shape index (κ2) is 7.62. The van der Waals surface area contributed by atoms with E-state index in [0.29, 0.717) is 16.7 Å². The topological polar surface area (TPSA) is 45.6 Å². The number of halogens is 1. The largest absolute Gasteiger partial charge is 0.291 e. The van der Waals surface area contributed by atoms with Gasteiger partial charge in [-0.15, -0.1) is 12.4 Å². The minimum absolute atomic E-state index is 0. The van der Waals surface area contributed by atoms with E-state index >= 15 is 0 Å². The van der Waals surface area contributed by atoms with Gasteiger partial charge in [-0.05, 0) is 31.9 Å². The maximum absolute atomic E-state index is 12.4. The van der Waals surface area contributed by atoms with Crippen LogP contribution in [0.1, 0.15) is 26.2 Å². The molecule has 1 aromatic carbocycles. The molecule has 0 spiro atoms. The molecule has 0 atom stereocenters.